The van der Waals surface area contributed by atoms with Crippen molar-refractivity contribution in [3.05, 3.63) is 55.5 Å². The summed E-state index contributed by atoms with van der Waals surface area (Å²) in [5.41, 5.74) is 4.39. The molecule has 1 heterocycles. The van der Waals surface area contributed by atoms with E-state index in [0.717, 1.165) is 52.7 Å². The van der Waals surface area contributed by atoms with Crippen molar-refractivity contribution < 1.29 is 10.2 Å². The van der Waals surface area contributed by atoms with Gasteiger partial charge in [0.05, 0.1) is 11.0 Å². The van der Waals surface area contributed by atoms with Crippen molar-refractivity contribution in [2.75, 3.05) is 13.1 Å². The number of benzene rings is 2. The molecular formula is C30H36Br2N2O2. The summed E-state index contributed by atoms with van der Waals surface area (Å²) >= 11 is 6.99. The molecule has 1 saturated heterocycles. The summed E-state index contributed by atoms with van der Waals surface area (Å²) in [4.78, 5) is 7.27. The standard InChI is InChI=1S/C30H36Br2N2O2/c1-18-5-22(28(35)26(6-18)30-12-19-7-20(13-30)9-21(8-19)14-30)15-33-16-25-3-2-4-34(25)17-23-10-24(31)11-27(32)29(23)36/h5-6,10-11,15,19-21,25,35-36H,2-4,7-9,12-14,16-17H2,1H3. The van der Waals surface area contributed by atoms with E-state index in [0.29, 0.717) is 35.1 Å². The minimum absolute atomic E-state index is 0.177. The lowest BCUT2D eigenvalue weighted by Crippen LogP contribution is -2.48. The summed E-state index contributed by atoms with van der Waals surface area (Å²) in [6.07, 6.45) is 12.1. The largest absolute Gasteiger partial charge is 0.507 e. The van der Waals surface area contributed by atoms with Gasteiger partial charge in [-0.25, -0.2) is 0 Å². The fourth-order valence-corrected chi connectivity index (χ4v) is 9.61. The van der Waals surface area contributed by atoms with Gasteiger partial charge in [-0.05, 0) is 128 Å². The van der Waals surface area contributed by atoms with Crippen molar-refractivity contribution in [3.8, 4) is 11.5 Å². The quantitative estimate of drug-likeness (QED) is 0.331. The lowest BCUT2D eigenvalue weighted by Gasteiger charge is -2.57. The van der Waals surface area contributed by atoms with Crippen molar-refractivity contribution in [2.24, 2.45) is 22.7 Å². The molecule has 2 N–H and O–H groups in total. The number of hydrogen-bond acceptors (Lipinski definition) is 4. The van der Waals surface area contributed by atoms with Crippen LogP contribution in [0.2, 0.25) is 0 Å². The Labute approximate surface area is 231 Å². The molecule has 0 aromatic heterocycles. The Morgan fingerprint density at radius 3 is 2.39 bits per heavy atom. The Bertz CT molecular complexity index is 1160. The Balaban J connectivity index is 1.19. The third-order valence-corrected chi connectivity index (χ3v) is 10.5. The molecule has 0 amide bonds. The van der Waals surface area contributed by atoms with Crippen molar-refractivity contribution in [3.63, 3.8) is 0 Å². The van der Waals surface area contributed by atoms with E-state index in [-0.39, 0.29) is 5.41 Å². The molecular weight excluding hydrogens is 580 g/mol. The van der Waals surface area contributed by atoms with Crippen LogP contribution in [0.4, 0.5) is 0 Å². The average Bonchev–Trinajstić information content (AvgIpc) is 3.25. The SMILES string of the molecule is Cc1cc(C=NCC2CCCN2Cc2cc(Br)cc(Br)c2O)c(O)c(C23CC4CC(CC(C4)C2)C3)c1. The van der Waals surface area contributed by atoms with Crippen LogP contribution in [0.1, 0.15) is 73.6 Å². The van der Waals surface area contributed by atoms with Crippen LogP contribution in [-0.2, 0) is 12.0 Å². The fourth-order valence-electron chi connectivity index (χ4n) is 8.29. The van der Waals surface area contributed by atoms with Gasteiger partial charge in [0.15, 0.2) is 0 Å². The van der Waals surface area contributed by atoms with Crippen LogP contribution in [0.5, 0.6) is 11.5 Å². The topological polar surface area (TPSA) is 56.1 Å². The summed E-state index contributed by atoms with van der Waals surface area (Å²) < 4.78 is 1.67. The first-order chi connectivity index (χ1) is 17.3. The van der Waals surface area contributed by atoms with Gasteiger partial charge in [0.25, 0.3) is 0 Å². The number of nitrogens with zero attached hydrogens (tertiary/aromatic N) is 2. The van der Waals surface area contributed by atoms with Gasteiger partial charge < -0.3 is 10.2 Å². The molecule has 6 heteroatoms. The first-order valence-electron chi connectivity index (χ1n) is 13.5. The zero-order valence-electron chi connectivity index (χ0n) is 21.0. The van der Waals surface area contributed by atoms with Crippen molar-refractivity contribution in [2.45, 2.75) is 76.3 Å². The molecule has 5 aliphatic rings. The molecule has 36 heavy (non-hydrogen) atoms. The second-order valence-electron chi connectivity index (χ2n) is 12.1. The van der Waals surface area contributed by atoms with Gasteiger partial charge in [-0.2, -0.15) is 0 Å². The maximum atomic E-state index is 11.5. The molecule has 4 aliphatic carbocycles. The minimum atomic E-state index is 0.177. The molecule has 5 fully saturated rings. The first kappa shape index (κ1) is 24.9. The van der Waals surface area contributed by atoms with Gasteiger partial charge in [0.2, 0.25) is 0 Å². The van der Waals surface area contributed by atoms with E-state index in [4.69, 9.17) is 4.99 Å². The molecule has 2 aromatic carbocycles. The molecule has 1 unspecified atom stereocenters. The van der Waals surface area contributed by atoms with Crippen LogP contribution in [0.15, 0.2) is 38.2 Å². The zero-order chi connectivity index (χ0) is 25.0. The van der Waals surface area contributed by atoms with Crippen LogP contribution in [0, 0.1) is 24.7 Å². The highest BCUT2D eigenvalue weighted by molar-refractivity contribution is 9.11. The second kappa shape index (κ2) is 9.74. The van der Waals surface area contributed by atoms with Gasteiger partial charge in [0.1, 0.15) is 11.5 Å². The van der Waals surface area contributed by atoms with Crippen molar-refractivity contribution in [1.29, 1.82) is 0 Å². The number of hydrogen-bond donors (Lipinski definition) is 2. The van der Waals surface area contributed by atoms with Crippen LogP contribution < -0.4 is 0 Å². The molecule has 4 nitrogen and oxygen atoms in total. The van der Waals surface area contributed by atoms with Crippen LogP contribution in [0.3, 0.4) is 0 Å². The van der Waals surface area contributed by atoms with Crippen LogP contribution in [-0.4, -0.2) is 40.5 Å². The van der Waals surface area contributed by atoms with Gasteiger partial charge >= 0.3 is 0 Å². The van der Waals surface area contributed by atoms with Gasteiger partial charge in [-0.15, -0.1) is 0 Å². The van der Waals surface area contributed by atoms with Crippen LogP contribution in [0.25, 0.3) is 0 Å². The monoisotopic (exact) mass is 614 g/mol. The molecule has 4 saturated carbocycles. The number of aliphatic imine (C=N–C) groups is 1. The predicted octanol–water partition coefficient (Wildman–Crippen LogP) is 7.48. The maximum absolute atomic E-state index is 11.5. The summed E-state index contributed by atoms with van der Waals surface area (Å²) in [7, 11) is 0. The number of aryl methyl sites for hydroxylation is 1. The van der Waals surface area contributed by atoms with E-state index < -0.39 is 0 Å². The smallest absolute Gasteiger partial charge is 0.134 e. The normalized spacial score (nSPS) is 31.6. The Morgan fingerprint density at radius 2 is 1.69 bits per heavy atom. The number of aromatic hydroxyl groups is 2. The Kier molecular flexibility index (Phi) is 6.75. The summed E-state index contributed by atoms with van der Waals surface area (Å²) in [6, 6.07) is 8.56. The molecule has 192 valence electrons. The van der Waals surface area contributed by atoms with Gasteiger partial charge in [-0.1, -0.05) is 22.0 Å². The van der Waals surface area contributed by atoms with E-state index in [1.165, 1.54) is 49.7 Å². The third-order valence-electron chi connectivity index (χ3n) is 9.42. The highest BCUT2D eigenvalue weighted by Gasteiger charge is 2.52. The Hall–Kier alpha value is -1.37. The van der Waals surface area contributed by atoms with E-state index in [9.17, 15) is 10.2 Å². The molecule has 1 atom stereocenters. The zero-order valence-corrected chi connectivity index (χ0v) is 24.2. The molecule has 7 rings (SSSR count). The van der Waals surface area contributed by atoms with Gasteiger partial charge in [0, 0.05) is 40.0 Å². The first-order valence-corrected chi connectivity index (χ1v) is 15.1. The fraction of sp³-hybridized carbons (Fsp3) is 0.567. The third kappa shape index (κ3) is 4.67. The predicted molar refractivity (Wildman–Crippen MR) is 152 cm³/mol. The molecule has 4 bridgehead atoms. The average molecular weight is 616 g/mol. The second-order valence-corrected chi connectivity index (χ2v) is 13.9. The van der Waals surface area contributed by atoms with Crippen molar-refractivity contribution >= 4 is 38.1 Å². The lowest BCUT2D eigenvalue weighted by molar-refractivity contribution is -0.00616. The van der Waals surface area contributed by atoms with E-state index in [2.05, 4.69) is 55.8 Å². The van der Waals surface area contributed by atoms with E-state index >= 15 is 0 Å². The summed E-state index contributed by atoms with van der Waals surface area (Å²) in [5, 5.41) is 22.0. The lowest BCUT2D eigenvalue weighted by atomic mass is 9.48. The van der Waals surface area contributed by atoms with E-state index in [1.54, 1.807) is 0 Å². The molecule has 0 spiro atoms. The number of rotatable bonds is 6. The van der Waals surface area contributed by atoms with Gasteiger partial charge in [-0.3, -0.25) is 9.89 Å². The minimum Gasteiger partial charge on any atom is -0.507 e. The molecule has 0 radical (unpaired) electrons. The molecule has 1 aliphatic heterocycles. The van der Waals surface area contributed by atoms with Crippen molar-refractivity contribution in [1.82, 2.24) is 4.90 Å². The summed E-state index contributed by atoms with van der Waals surface area (Å²) in [6.45, 7) is 4.57. The molecule has 2 aromatic rings. The highest BCUT2D eigenvalue weighted by Crippen LogP contribution is 2.62. The number of phenolic OH excluding ortho intramolecular Hbond substituents is 2. The number of phenols is 2. The summed E-state index contributed by atoms with van der Waals surface area (Å²) in [5.74, 6) is 3.35. The number of likely N-dealkylation sites (tertiary alicyclic amines) is 1. The Morgan fingerprint density at radius 1 is 1.00 bits per heavy atom. The number of halogens is 2. The van der Waals surface area contributed by atoms with Crippen LogP contribution >= 0.6 is 31.9 Å². The maximum Gasteiger partial charge on any atom is 0.134 e. The highest BCUT2D eigenvalue weighted by atomic mass is 79.9. The van der Waals surface area contributed by atoms with E-state index in [1.807, 2.05) is 18.3 Å².